The molecule has 1 saturated heterocycles. The number of nitrogens with one attached hydrogen (secondary N) is 1. The van der Waals surface area contributed by atoms with E-state index in [9.17, 15) is 4.79 Å². The van der Waals surface area contributed by atoms with Gasteiger partial charge in [-0.1, -0.05) is 54.1 Å². The third-order valence-electron chi connectivity index (χ3n) is 6.58. The number of piperidine rings is 1. The summed E-state index contributed by atoms with van der Waals surface area (Å²) in [7, 11) is 0. The van der Waals surface area contributed by atoms with Crippen molar-refractivity contribution >= 4 is 22.4 Å². The summed E-state index contributed by atoms with van der Waals surface area (Å²) in [6, 6.07) is 19.5. The molecule has 3 aromatic rings. The molecule has 148 valence electrons. The second kappa shape index (κ2) is 7.64. The Morgan fingerprint density at radius 1 is 1.00 bits per heavy atom. The van der Waals surface area contributed by atoms with Crippen molar-refractivity contribution in [3.05, 3.63) is 76.9 Å². The molecule has 1 aliphatic carbocycles. The van der Waals surface area contributed by atoms with Gasteiger partial charge in [0.05, 0.1) is 0 Å². The zero-order chi connectivity index (χ0) is 19.8. The molecule has 1 aliphatic heterocycles. The quantitative estimate of drug-likeness (QED) is 0.679. The van der Waals surface area contributed by atoms with Gasteiger partial charge < -0.3 is 5.32 Å². The van der Waals surface area contributed by atoms with Gasteiger partial charge in [-0.05, 0) is 73.8 Å². The average molecular weight is 385 g/mol. The second-order valence-corrected chi connectivity index (χ2v) is 8.64. The van der Waals surface area contributed by atoms with Crippen LogP contribution in [0.15, 0.2) is 54.6 Å². The SMILES string of the molecule is Cc1cccc(CN2CCC(C(=O)Nc3ccc4c5c(cccc35)CC4)CC2)c1. The molecule has 0 saturated carbocycles. The maximum Gasteiger partial charge on any atom is 0.227 e. The van der Waals surface area contributed by atoms with Crippen LogP contribution in [-0.4, -0.2) is 23.9 Å². The van der Waals surface area contributed by atoms with Crippen molar-refractivity contribution in [3.8, 4) is 0 Å². The first-order chi connectivity index (χ1) is 14.2. The molecule has 0 atom stereocenters. The van der Waals surface area contributed by atoms with Gasteiger partial charge in [-0.25, -0.2) is 0 Å². The number of hydrogen-bond donors (Lipinski definition) is 1. The standard InChI is InChI=1S/C26H28N2O/c1-18-4-2-5-19(16-18)17-28-14-12-22(13-15-28)26(29)27-24-11-10-21-9-8-20-6-3-7-23(24)25(20)21/h2-7,10-11,16,22H,8-9,12-15,17H2,1H3,(H,27,29). The summed E-state index contributed by atoms with van der Waals surface area (Å²) >= 11 is 0. The zero-order valence-corrected chi connectivity index (χ0v) is 17.1. The number of rotatable bonds is 4. The van der Waals surface area contributed by atoms with E-state index in [2.05, 4.69) is 71.7 Å². The first-order valence-electron chi connectivity index (χ1n) is 10.8. The molecular weight excluding hydrogens is 356 g/mol. The molecule has 0 unspecified atom stereocenters. The van der Waals surface area contributed by atoms with Crippen LogP contribution < -0.4 is 5.32 Å². The molecule has 3 heteroatoms. The third-order valence-corrected chi connectivity index (χ3v) is 6.58. The lowest BCUT2D eigenvalue weighted by Crippen LogP contribution is -2.37. The van der Waals surface area contributed by atoms with E-state index in [0.717, 1.165) is 51.0 Å². The largest absolute Gasteiger partial charge is 0.325 e. The fraction of sp³-hybridized carbons (Fsp3) is 0.346. The van der Waals surface area contributed by atoms with Gasteiger partial charge >= 0.3 is 0 Å². The Hall–Kier alpha value is -2.65. The Morgan fingerprint density at radius 2 is 1.76 bits per heavy atom. The van der Waals surface area contributed by atoms with E-state index in [1.807, 2.05) is 0 Å². The van der Waals surface area contributed by atoms with Crippen molar-refractivity contribution in [3.63, 3.8) is 0 Å². The van der Waals surface area contributed by atoms with Crippen LogP contribution in [0.2, 0.25) is 0 Å². The van der Waals surface area contributed by atoms with Crippen LogP contribution in [0, 0.1) is 12.8 Å². The third kappa shape index (κ3) is 3.67. The Bertz CT molecular complexity index is 1050. The summed E-state index contributed by atoms with van der Waals surface area (Å²) in [5.74, 6) is 0.283. The van der Waals surface area contributed by atoms with Gasteiger partial charge in [0, 0.05) is 23.5 Å². The normalized spacial score (nSPS) is 17.0. The van der Waals surface area contributed by atoms with Crippen molar-refractivity contribution < 1.29 is 4.79 Å². The van der Waals surface area contributed by atoms with Gasteiger partial charge in [-0.15, -0.1) is 0 Å². The smallest absolute Gasteiger partial charge is 0.227 e. The summed E-state index contributed by atoms with van der Waals surface area (Å²) in [5.41, 5.74) is 6.47. The summed E-state index contributed by atoms with van der Waals surface area (Å²) < 4.78 is 0. The van der Waals surface area contributed by atoms with Crippen molar-refractivity contribution in [1.29, 1.82) is 0 Å². The molecule has 1 amide bonds. The first kappa shape index (κ1) is 18.4. The summed E-state index contributed by atoms with van der Waals surface area (Å²) in [6.07, 6.45) is 4.09. The molecule has 3 nitrogen and oxygen atoms in total. The van der Waals surface area contributed by atoms with Crippen LogP contribution in [0.4, 0.5) is 5.69 Å². The van der Waals surface area contributed by atoms with Gasteiger partial charge in [0.25, 0.3) is 0 Å². The van der Waals surface area contributed by atoms with Crippen LogP contribution in [-0.2, 0) is 24.2 Å². The van der Waals surface area contributed by atoms with E-state index < -0.39 is 0 Å². The average Bonchev–Trinajstić information content (AvgIpc) is 3.15. The predicted molar refractivity (Wildman–Crippen MR) is 119 cm³/mol. The molecule has 3 aromatic carbocycles. The second-order valence-electron chi connectivity index (χ2n) is 8.64. The Labute approximate surface area is 172 Å². The van der Waals surface area contributed by atoms with E-state index in [0.29, 0.717) is 0 Å². The molecule has 1 heterocycles. The van der Waals surface area contributed by atoms with Gasteiger partial charge in [-0.3, -0.25) is 9.69 Å². The van der Waals surface area contributed by atoms with Crippen LogP contribution in [0.5, 0.6) is 0 Å². The van der Waals surface area contributed by atoms with Crippen molar-refractivity contribution in [2.45, 2.75) is 39.2 Å². The van der Waals surface area contributed by atoms with Gasteiger partial charge in [0.2, 0.25) is 5.91 Å². The number of carbonyl (C=O) groups excluding carboxylic acids is 1. The molecule has 29 heavy (non-hydrogen) atoms. The van der Waals surface area contributed by atoms with E-state index in [-0.39, 0.29) is 11.8 Å². The minimum atomic E-state index is 0.104. The van der Waals surface area contributed by atoms with Gasteiger partial charge in [-0.2, -0.15) is 0 Å². The molecule has 1 N–H and O–H groups in total. The number of hydrogen-bond acceptors (Lipinski definition) is 2. The van der Waals surface area contributed by atoms with Crippen LogP contribution >= 0.6 is 0 Å². The van der Waals surface area contributed by atoms with E-state index >= 15 is 0 Å². The molecule has 0 radical (unpaired) electrons. The predicted octanol–water partition coefficient (Wildman–Crippen LogP) is 5.10. The number of carbonyl (C=O) groups is 1. The highest BCUT2D eigenvalue weighted by atomic mass is 16.1. The molecular formula is C26H28N2O. The molecule has 0 spiro atoms. The molecule has 2 aliphatic rings. The minimum absolute atomic E-state index is 0.104. The number of nitrogens with zero attached hydrogens (tertiary/aromatic N) is 1. The molecule has 0 aromatic heterocycles. The monoisotopic (exact) mass is 384 g/mol. The lowest BCUT2D eigenvalue weighted by atomic mass is 9.95. The van der Waals surface area contributed by atoms with Crippen molar-refractivity contribution in [2.24, 2.45) is 5.92 Å². The van der Waals surface area contributed by atoms with Crippen LogP contribution in [0.3, 0.4) is 0 Å². The highest BCUT2D eigenvalue weighted by molar-refractivity contribution is 6.05. The number of amides is 1. The lowest BCUT2D eigenvalue weighted by molar-refractivity contribution is -0.121. The highest BCUT2D eigenvalue weighted by Crippen LogP contribution is 2.35. The van der Waals surface area contributed by atoms with Crippen LogP contribution in [0.1, 0.15) is 35.1 Å². The number of likely N-dealkylation sites (tertiary alicyclic amines) is 1. The van der Waals surface area contributed by atoms with Crippen molar-refractivity contribution in [2.75, 3.05) is 18.4 Å². The summed E-state index contributed by atoms with van der Waals surface area (Å²) in [6.45, 7) is 5.08. The fourth-order valence-corrected chi connectivity index (χ4v) is 5.01. The Morgan fingerprint density at radius 3 is 2.55 bits per heavy atom. The van der Waals surface area contributed by atoms with Gasteiger partial charge in [0.15, 0.2) is 0 Å². The fourth-order valence-electron chi connectivity index (χ4n) is 5.01. The maximum absolute atomic E-state index is 13.0. The molecule has 5 rings (SSSR count). The van der Waals surface area contributed by atoms with Crippen molar-refractivity contribution in [1.82, 2.24) is 4.90 Å². The minimum Gasteiger partial charge on any atom is -0.325 e. The van der Waals surface area contributed by atoms with Crippen LogP contribution in [0.25, 0.3) is 10.8 Å². The zero-order valence-electron chi connectivity index (χ0n) is 17.1. The lowest BCUT2D eigenvalue weighted by Gasteiger charge is -2.31. The number of benzene rings is 3. The van der Waals surface area contributed by atoms with Gasteiger partial charge in [0.1, 0.15) is 0 Å². The van der Waals surface area contributed by atoms with E-state index in [1.54, 1.807) is 0 Å². The Kier molecular flexibility index (Phi) is 4.84. The first-order valence-corrected chi connectivity index (χ1v) is 10.8. The van der Waals surface area contributed by atoms with E-state index in [4.69, 9.17) is 0 Å². The molecule has 0 bridgehead atoms. The Balaban J connectivity index is 1.24. The summed E-state index contributed by atoms with van der Waals surface area (Å²) in [4.78, 5) is 15.4. The highest BCUT2D eigenvalue weighted by Gasteiger charge is 2.26. The number of anilines is 1. The number of aryl methyl sites for hydroxylation is 3. The van der Waals surface area contributed by atoms with E-state index in [1.165, 1.54) is 33.0 Å². The topological polar surface area (TPSA) is 32.3 Å². The summed E-state index contributed by atoms with van der Waals surface area (Å²) in [5, 5.41) is 5.81. The molecule has 1 fully saturated rings. The maximum atomic E-state index is 13.0.